The molecule has 2 heterocycles. The van der Waals surface area contributed by atoms with Gasteiger partial charge in [0.2, 0.25) is 0 Å². The summed E-state index contributed by atoms with van der Waals surface area (Å²) in [6.45, 7) is 1.30. The van der Waals surface area contributed by atoms with Crippen molar-refractivity contribution in [3.63, 3.8) is 0 Å². The van der Waals surface area contributed by atoms with Crippen LogP contribution in [0.15, 0.2) is 54.6 Å². The zero-order valence-corrected chi connectivity index (χ0v) is 13.9. The van der Waals surface area contributed by atoms with Crippen LogP contribution in [0.5, 0.6) is 0 Å². The standard InChI is InChI=1S/C18H17ClN4O/c19-17-16-18(21-11-20-17)23(12-22-16)15-7-6-14(8-15)10-24-9-13-4-2-1-3-5-13/h1-6,11-12,15H,7-10H2/t15-/m1/s1. The van der Waals surface area contributed by atoms with Crippen LogP contribution < -0.4 is 0 Å². The molecule has 0 unspecified atom stereocenters. The smallest absolute Gasteiger partial charge is 0.165 e. The number of fused-ring (bicyclic) bond motifs is 1. The zero-order chi connectivity index (χ0) is 16.4. The van der Waals surface area contributed by atoms with Crippen molar-refractivity contribution in [3.8, 4) is 0 Å². The maximum atomic E-state index is 6.07. The first kappa shape index (κ1) is 15.3. The van der Waals surface area contributed by atoms with Crippen molar-refractivity contribution in [2.75, 3.05) is 6.61 Å². The number of imidazole rings is 1. The van der Waals surface area contributed by atoms with Gasteiger partial charge in [-0.1, -0.05) is 48.0 Å². The molecule has 5 nitrogen and oxygen atoms in total. The van der Waals surface area contributed by atoms with Gasteiger partial charge < -0.3 is 9.30 Å². The summed E-state index contributed by atoms with van der Waals surface area (Å²) in [6.07, 6.45) is 7.44. The molecule has 1 aliphatic carbocycles. The Morgan fingerprint density at radius 2 is 2.00 bits per heavy atom. The van der Waals surface area contributed by atoms with E-state index in [1.807, 2.05) is 18.2 Å². The van der Waals surface area contributed by atoms with Crippen LogP contribution in [0.25, 0.3) is 11.2 Å². The van der Waals surface area contributed by atoms with Crippen molar-refractivity contribution in [1.29, 1.82) is 0 Å². The summed E-state index contributed by atoms with van der Waals surface area (Å²) < 4.78 is 7.92. The second kappa shape index (κ2) is 6.71. The lowest BCUT2D eigenvalue weighted by molar-refractivity contribution is 0.140. The maximum Gasteiger partial charge on any atom is 0.165 e. The van der Waals surface area contributed by atoms with E-state index in [1.54, 1.807) is 6.33 Å². The molecule has 0 aliphatic heterocycles. The summed E-state index contributed by atoms with van der Waals surface area (Å²) in [5.41, 5.74) is 3.96. The molecule has 0 fully saturated rings. The highest BCUT2D eigenvalue weighted by Crippen LogP contribution is 2.32. The molecule has 0 saturated heterocycles. The van der Waals surface area contributed by atoms with Crippen LogP contribution in [-0.2, 0) is 11.3 Å². The van der Waals surface area contributed by atoms with Gasteiger partial charge in [-0.15, -0.1) is 0 Å². The van der Waals surface area contributed by atoms with Crippen LogP contribution in [0, 0.1) is 0 Å². The highest BCUT2D eigenvalue weighted by atomic mass is 35.5. The lowest BCUT2D eigenvalue weighted by Gasteiger charge is -2.13. The Balaban J connectivity index is 1.38. The minimum absolute atomic E-state index is 0.316. The molecule has 0 N–H and O–H groups in total. The highest BCUT2D eigenvalue weighted by molar-refractivity contribution is 6.33. The molecular weight excluding hydrogens is 324 g/mol. The number of rotatable bonds is 5. The van der Waals surface area contributed by atoms with Gasteiger partial charge in [-0.05, 0) is 24.0 Å². The summed E-state index contributed by atoms with van der Waals surface area (Å²) in [7, 11) is 0. The molecule has 2 aromatic heterocycles. The van der Waals surface area contributed by atoms with Gasteiger partial charge in [0.15, 0.2) is 10.8 Å². The zero-order valence-electron chi connectivity index (χ0n) is 13.1. The molecule has 1 aliphatic rings. The van der Waals surface area contributed by atoms with Crippen LogP contribution in [0.2, 0.25) is 5.15 Å². The Morgan fingerprint density at radius 1 is 1.12 bits per heavy atom. The average Bonchev–Trinajstić information content (AvgIpc) is 3.23. The molecular formula is C18H17ClN4O. The Labute approximate surface area is 145 Å². The molecule has 1 aromatic carbocycles. The van der Waals surface area contributed by atoms with Gasteiger partial charge in [0, 0.05) is 6.04 Å². The second-order valence-electron chi connectivity index (χ2n) is 5.92. The van der Waals surface area contributed by atoms with Crippen molar-refractivity contribution in [2.24, 2.45) is 0 Å². The fourth-order valence-corrected chi connectivity index (χ4v) is 3.24. The van der Waals surface area contributed by atoms with E-state index in [1.165, 1.54) is 17.5 Å². The van der Waals surface area contributed by atoms with E-state index in [9.17, 15) is 0 Å². The van der Waals surface area contributed by atoms with Gasteiger partial charge in [-0.2, -0.15) is 0 Å². The molecule has 0 spiro atoms. The van der Waals surface area contributed by atoms with E-state index >= 15 is 0 Å². The molecule has 6 heteroatoms. The predicted octanol–water partition coefficient (Wildman–Crippen LogP) is 3.96. The van der Waals surface area contributed by atoms with Crippen molar-refractivity contribution in [3.05, 3.63) is 65.4 Å². The molecule has 122 valence electrons. The Morgan fingerprint density at radius 3 is 2.88 bits per heavy atom. The SMILES string of the molecule is Clc1ncnc2c1ncn2[C@@H]1CC=C(COCc2ccccc2)C1. The van der Waals surface area contributed by atoms with Crippen LogP contribution in [0.1, 0.15) is 24.4 Å². The predicted molar refractivity (Wildman–Crippen MR) is 92.8 cm³/mol. The minimum atomic E-state index is 0.316. The van der Waals surface area contributed by atoms with Gasteiger partial charge in [0.25, 0.3) is 0 Å². The Bertz CT molecular complexity index is 875. The van der Waals surface area contributed by atoms with E-state index in [4.69, 9.17) is 16.3 Å². The number of aromatic nitrogens is 4. The number of nitrogens with zero attached hydrogens (tertiary/aromatic N) is 4. The van der Waals surface area contributed by atoms with Gasteiger partial charge in [0.05, 0.1) is 19.5 Å². The first-order chi connectivity index (χ1) is 11.8. The third-order valence-electron chi connectivity index (χ3n) is 4.28. The van der Waals surface area contributed by atoms with Crippen LogP contribution >= 0.6 is 11.6 Å². The Hall–Kier alpha value is -2.24. The summed E-state index contributed by atoms with van der Waals surface area (Å²) in [5.74, 6) is 0. The van der Waals surface area contributed by atoms with E-state index in [-0.39, 0.29) is 0 Å². The van der Waals surface area contributed by atoms with E-state index in [2.05, 4.69) is 37.7 Å². The molecule has 0 amide bonds. The first-order valence-corrected chi connectivity index (χ1v) is 8.31. The first-order valence-electron chi connectivity index (χ1n) is 7.94. The summed E-state index contributed by atoms with van der Waals surface area (Å²) in [4.78, 5) is 12.6. The van der Waals surface area contributed by atoms with E-state index < -0.39 is 0 Å². The fraction of sp³-hybridized carbons (Fsp3) is 0.278. The normalized spacial score (nSPS) is 17.4. The number of hydrogen-bond acceptors (Lipinski definition) is 4. The third kappa shape index (κ3) is 3.05. The number of hydrogen-bond donors (Lipinski definition) is 0. The van der Waals surface area contributed by atoms with Gasteiger partial charge >= 0.3 is 0 Å². The lowest BCUT2D eigenvalue weighted by Crippen LogP contribution is -2.06. The monoisotopic (exact) mass is 340 g/mol. The quantitative estimate of drug-likeness (QED) is 0.521. The van der Waals surface area contributed by atoms with Crippen molar-refractivity contribution >= 4 is 22.8 Å². The minimum Gasteiger partial charge on any atom is -0.372 e. The molecule has 3 aromatic rings. The third-order valence-corrected chi connectivity index (χ3v) is 4.56. The van der Waals surface area contributed by atoms with Crippen LogP contribution in [-0.4, -0.2) is 26.1 Å². The lowest BCUT2D eigenvalue weighted by atomic mass is 10.2. The van der Waals surface area contributed by atoms with Gasteiger partial charge in [0.1, 0.15) is 11.8 Å². The average molecular weight is 341 g/mol. The number of benzene rings is 1. The summed E-state index contributed by atoms with van der Waals surface area (Å²) in [5, 5.41) is 0.399. The maximum absolute atomic E-state index is 6.07. The second-order valence-corrected chi connectivity index (χ2v) is 6.28. The summed E-state index contributed by atoms with van der Waals surface area (Å²) in [6, 6.07) is 10.5. The van der Waals surface area contributed by atoms with E-state index in [0.29, 0.717) is 29.9 Å². The molecule has 4 rings (SSSR count). The molecule has 1 atom stereocenters. The number of allylic oxidation sites excluding steroid dienone is 1. The number of halogens is 1. The van der Waals surface area contributed by atoms with Gasteiger partial charge in [-0.3, -0.25) is 0 Å². The molecule has 24 heavy (non-hydrogen) atoms. The number of ether oxygens (including phenoxy) is 1. The van der Waals surface area contributed by atoms with Gasteiger partial charge in [-0.25, -0.2) is 15.0 Å². The topological polar surface area (TPSA) is 52.8 Å². The van der Waals surface area contributed by atoms with E-state index in [0.717, 1.165) is 18.5 Å². The van der Waals surface area contributed by atoms with Crippen molar-refractivity contribution < 1.29 is 4.74 Å². The highest BCUT2D eigenvalue weighted by Gasteiger charge is 2.21. The van der Waals surface area contributed by atoms with Crippen LogP contribution in [0.3, 0.4) is 0 Å². The van der Waals surface area contributed by atoms with Crippen LogP contribution in [0.4, 0.5) is 0 Å². The molecule has 0 saturated carbocycles. The molecule has 0 bridgehead atoms. The Kier molecular flexibility index (Phi) is 4.28. The van der Waals surface area contributed by atoms with Crippen molar-refractivity contribution in [1.82, 2.24) is 19.5 Å². The van der Waals surface area contributed by atoms with Crippen molar-refractivity contribution in [2.45, 2.75) is 25.5 Å². The summed E-state index contributed by atoms with van der Waals surface area (Å²) >= 11 is 6.07. The largest absolute Gasteiger partial charge is 0.372 e. The fourth-order valence-electron chi connectivity index (χ4n) is 3.07. The molecule has 0 radical (unpaired) electrons.